The number of nitrogens with two attached hydrogens (primary N) is 1. The number of nitrogens with zero attached hydrogens (tertiary/aromatic N) is 2. The first-order valence-corrected chi connectivity index (χ1v) is 5.97. The van der Waals surface area contributed by atoms with Crippen molar-refractivity contribution in [2.24, 2.45) is 10.9 Å². The molecule has 1 atom stereocenters. The fourth-order valence-corrected chi connectivity index (χ4v) is 1.72. The third kappa shape index (κ3) is 3.96. The Morgan fingerprint density at radius 3 is 2.68 bits per heavy atom. The predicted octanol–water partition coefficient (Wildman–Crippen LogP) is 0.347. The summed E-state index contributed by atoms with van der Waals surface area (Å²) in [5.41, 5.74) is 7.13. The van der Waals surface area contributed by atoms with Gasteiger partial charge in [-0.05, 0) is 12.5 Å². The molecule has 0 fully saturated rings. The van der Waals surface area contributed by atoms with Crippen LogP contribution in [0.2, 0.25) is 0 Å². The maximum Gasteiger partial charge on any atom is 0.238 e. The molecular weight excluding hydrogens is 244 g/mol. The van der Waals surface area contributed by atoms with Crippen LogP contribution in [0.25, 0.3) is 0 Å². The van der Waals surface area contributed by atoms with Gasteiger partial charge in [0.2, 0.25) is 5.91 Å². The number of amidine groups is 1. The highest BCUT2D eigenvalue weighted by Crippen LogP contribution is 2.08. The van der Waals surface area contributed by atoms with Crippen LogP contribution in [-0.2, 0) is 11.3 Å². The first kappa shape index (κ1) is 15.0. The molecule has 1 unspecified atom stereocenters. The van der Waals surface area contributed by atoms with Gasteiger partial charge in [0.1, 0.15) is 0 Å². The summed E-state index contributed by atoms with van der Waals surface area (Å²) in [4.78, 5) is 13.2. The number of likely N-dealkylation sites (N-methyl/N-ethyl adjacent to an activating group) is 1. The lowest BCUT2D eigenvalue weighted by molar-refractivity contribution is -0.130. The largest absolute Gasteiger partial charge is 0.409 e. The Hall–Kier alpha value is -2.08. The van der Waals surface area contributed by atoms with E-state index in [4.69, 9.17) is 10.9 Å². The quantitative estimate of drug-likeness (QED) is 0.310. The van der Waals surface area contributed by atoms with Gasteiger partial charge in [-0.15, -0.1) is 0 Å². The van der Waals surface area contributed by atoms with Gasteiger partial charge in [0.05, 0.1) is 6.04 Å². The SMILES string of the molecule is CC(NCc1ccccc1C(N)=NO)C(=O)N(C)C. The summed E-state index contributed by atoms with van der Waals surface area (Å²) in [7, 11) is 3.43. The number of amides is 1. The van der Waals surface area contributed by atoms with Gasteiger partial charge >= 0.3 is 0 Å². The average Bonchev–Trinajstić information content (AvgIpc) is 2.43. The Morgan fingerprint density at radius 2 is 2.11 bits per heavy atom. The minimum absolute atomic E-state index is 0.00118. The average molecular weight is 264 g/mol. The lowest BCUT2D eigenvalue weighted by atomic mass is 10.1. The molecule has 1 amide bonds. The molecule has 0 radical (unpaired) electrons. The van der Waals surface area contributed by atoms with E-state index in [1.807, 2.05) is 18.2 Å². The van der Waals surface area contributed by atoms with E-state index in [-0.39, 0.29) is 17.8 Å². The molecule has 0 aliphatic rings. The number of rotatable bonds is 5. The van der Waals surface area contributed by atoms with Crippen LogP contribution in [0.4, 0.5) is 0 Å². The van der Waals surface area contributed by atoms with Gasteiger partial charge < -0.3 is 21.2 Å². The standard InChI is InChI=1S/C13H20N4O2/c1-9(13(18)17(2)3)15-8-10-6-4-5-7-11(10)12(14)16-19/h4-7,9,15,19H,8H2,1-3H3,(H2,14,16). The van der Waals surface area contributed by atoms with E-state index in [1.54, 1.807) is 27.1 Å². The zero-order valence-electron chi connectivity index (χ0n) is 11.4. The highest BCUT2D eigenvalue weighted by atomic mass is 16.4. The molecule has 1 rings (SSSR count). The number of hydrogen-bond acceptors (Lipinski definition) is 4. The van der Waals surface area contributed by atoms with Crippen molar-refractivity contribution < 1.29 is 10.0 Å². The molecule has 0 aliphatic heterocycles. The third-order valence-corrected chi connectivity index (χ3v) is 2.81. The van der Waals surface area contributed by atoms with Gasteiger partial charge in [-0.1, -0.05) is 29.4 Å². The van der Waals surface area contributed by atoms with Crippen LogP contribution >= 0.6 is 0 Å². The van der Waals surface area contributed by atoms with E-state index in [9.17, 15) is 4.79 Å². The number of benzene rings is 1. The number of hydrogen-bond donors (Lipinski definition) is 3. The molecule has 0 spiro atoms. The van der Waals surface area contributed by atoms with E-state index >= 15 is 0 Å². The minimum atomic E-state index is -0.296. The van der Waals surface area contributed by atoms with Gasteiger partial charge in [0.15, 0.2) is 5.84 Å². The predicted molar refractivity (Wildman–Crippen MR) is 73.9 cm³/mol. The van der Waals surface area contributed by atoms with E-state index in [1.165, 1.54) is 4.90 Å². The molecule has 6 nitrogen and oxygen atoms in total. The Labute approximate surface area is 112 Å². The van der Waals surface area contributed by atoms with Crippen LogP contribution in [0.1, 0.15) is 18.1 Å². The smallest absolute Gasteiger partial charge is 0.238 e. The van der Waals surface area contributed by atoms with Gasteiger partial charge in [0.25, 0.3) is 0 Å². The molecule has 0 heterocycles. The van der Waals surface area contributed by atoms with E-state index < -0.39 is 0 Å². The highest BCUT2D eigenvalue weighted by molar-refractivity contribution is 5.98. The first-order valence-electron chi connectivity index (χ1n) is 5.97. The summed E-state index contributed by atoms with van der Waals surface area (Å²) in [5.74, 6) is 0.0604. The van der Waals surface area contributed by atoms with Crippen LogP contribution < -0.4 is 11.1 Å². The van der Waals surface area contributed by atoms with E-state index in [2.05, 4.69) is 10.5 Å². The van der Waals surface area contributed by atoms with E-state index in [0.29, 0.717) is 12.1 Å². The molecule has 1 aromatic rings. The normalized spacial score (nSPS) is 13.1. The Morgan fingerprint density at radius 1 is 1.47 bits per heavy atom. The Balaban J connectivity index is 2.76. The summed E-state index contributed by atoms with van der Waals surface area (Å²) in [6.07, 6.45) is 0. The number of carbonyl (C=O) groups excluding carboxylic acids is 1. The Bertz CT molecular complexity index is 471. The number of nitrogens with one attached hydrogen (secondary N) is 1. The number of carbonyl (C=O) groups is 1. The molecule has 0 aromatic heterocycles. The second kappa shape index (κ2) is 6.75. The maximum absolute atomic E-state index is 11.7. The third-order valence-electron chi connectivity index (χ3n) is 2.81. The minimum Gasteiger partial charge on any atom is -0.409 e. The van der Waals surface area contributed by atoms with Crippen molar-refractivity contribution in [1.29, 1.82) is 0 Å². The second-order valence-corrected chi connectivity index (χ2v) is 4.48. The van der Waals surface area contributed by atoms with Gasteiger partial charge in [-0.3, -0.25) is 4.79 Å². The molecule has 6 heteroatoms. The van der Waals surface area contributed by atoms with E-state index in [0.717, 1.165) is 5.56 Å². The van der Waals surface area contributed by atoms with Gasteiger partial charge in [0, 0.05) is 26.2 Å². The fraction of sp³-hybridized carbons (Fsp3) is 0.385. The molecule has 0 aliphatic carbocycles. The van der Waals surface area contributed by atoms with Crippen LogP contribution in [-0.4, -0.2) is 42.0 Å². The second-order valence-electron chi connectivity index (χ2n) is 4.48. The van der Waals surface area contributed by atoms with Crippen molar-refractivity contribution in [3.63, 3.8) is 0 Å². The van der Waals surface area contributed by atoms with Crippen molar-refractivity contribution in [3.05, 3.63) is 35.4 Å². The summed E-state index contributed by atoms with van der Waals surface area (Å²) >= 11 is 0. The lowest BCUT2D eigenvalue weighted by Crippen LogP contribution is -2.41. The summed E-state index contributed by atoms with van der Waals surface area (Å²) < 4.78 is 0. The summed E-state index contributed by atoms with van der Waals surface area (Å²) in [6, 6.07) is 7.02. The maximum atomic E-state index is 11.7. The van der Waals surface area contributed by atoms with Crippen molar-refractivity contribution in [2.45, 2.75) is 19.5 Å². The molecule has 4 N–H and O–H groups in total. The molecule has 19 heavy (non-hydrogen) atoms. The van der Waals surface area contributed by atoms with Crippen LogP contribution in [0.5, 0.6) is 0 Å². The number of oxime groups is 1. The van der Waals surface area contributed by atoms with Crippen LogP contribution in [0.3, 0.4) is 0 Å². The van der Waals surface area contributed by atoms with Crippen molar-refractivity contribution in [1.82, 2.24) is 10.2 Å². The highest BCUT2D eigenvalue weighted by Gasteiger charge is 2.15. The zero-order chi connectivity index (χ0) is 14.4. The first-order chi connectivity index (χ1) is 8.97. The monoisotopic (exact) mass is 264 g/mol. The zero-order valence-corrected chi connectivity index (χ0v) is 11.4. The molecule has 0 saturated carbocycles. The van der Waals surface area contributed by atoms with Gasteiger partial charge in [-0.2, -0.15) is 0 Å². The summed E-state index contributed by atoms with van der Waals surface area (Å²) in [6.45, 7) is 2.27. The molecular formula is C13H20N4O2. The van der Waals surface area contributed by atoms with Crippen LogP contribution in [0.15, 0.2) is 29.4 Å². The lowest BCUT2D eigenvalue weighted by Gasteiger charge is -2.18. The topological polar surface area (TPSA) is 91.0 Å². The van der Waals surface area contributed by atoms with Crippen molar-refractivity contribution in [2.75, 3.05) is 14.1 Å². The van der Waals surface area contributed by atoms with Crippen LogP contribution in [0, 0.1) is 0 Å². The van der Waals surface area contributed by atoms with Crippen molar-refractivity contribution >= 4 is 11.7 Å². The molecule has 0 saturated heterocycles. The molecule has 104 valence electrons. The summed E-state index contributed by atoms with van der Waals surface area (Å²) in [5, 5.41) is 14.9. The molecule has 1 aromatic carbocycles. The van der Waals surface area contributed by atoms with Gasteiger partial charge in [-0.25, -0.2) is 0 Å². The van der Waals surface area contributed by atoms with Crippen molar-refractivity contribution in [3.8, 4) is 0 Å². The fourth-order valence-electron chi connectivity index (χ4n) is 1.72. The Kier molecular flexibility index (Phi) is 5.32. The molecule has 0 bridgehead atoms.